The van der Waals surface area contributed by atoms with Gasteiger partial charge in [0.15, 0.2) is 0 Å². The first-order chi connectivity index (χ1) is 9.04. The molecule has 0 radical (unpaired) electrons. The summed E-state index contributed by atoms with van der Waals surface area (Å²) in [5.74, 6) is -1.96. The molecule has 0 aliphatic carbocycles. The van der Waals surface area contributed by atoms with Gasteiger partial charge in [0, 0.05) is 12.6 Å². The summed E-state index contributed by atoms with van der Waals surface area (Å²) >= 11 is 0. The third-order valence-corrected chi connectivity index (χ3v) is 3.69. The van der Waals surface area contributed by atoms with E-state index >= 15 is 0 Å². The van der Waals surface area contributed by atoms with Gasteiger partial charge in [-0.3, -0.25) is 9.59 Å². The highest BCUT2D eigenvalue weighted by atomic mass is 19.1. The molecule has 1 aromatic carbocycles. The molecule has 3 rings (SSSR count). The van der Waals surface area contributed by atoms with Gasteiger partial charge in [0.25, 0.3) is 0 Å². The van der Waals surface area contributed by atoms with Crippen molar-refractivity contribution in [3.05, 3.63) is 29.1 Å². The lowest BCUT2D eigenvalue weighted by Crippen LogP contribution is -2.17. The molecule has 2 heterocycles. The van der Waals surface area contributed by atoms with Crippen molar-refractivity contribution < 1.29 is 19.1 Å². The molecule has 6 heteroatoms. The van der Waals surface area contributed by atoms with Crippen molar-refractivity contribution in [3.8, 4) is 0 Å². The number of hydrogen-bond donors (Lipinski definition) is 3. The standard InChI is InChI=1S/C13H13FN2O3/c14-9-2-6(1-7-4-11(17)16-12(7)9)10-3-8(5-15-10)13(18)19/h1-2,8,10,15H,3-5H2,(H,16,17)(H,18,19). The zero-order valence-corrected chi connectivity index (χ0v) is 10.1. The Morgan fingerprint density at radius 1 is 1.42 bits per heavy atom. The summed E-state index contributed by atoms with van der Waals surface area (Å²) in [4.78, 5) is 22.2. The van der Waals surface area contributed by atoms with E-state index in [9.17, 15) is 14.0 Å². The average molecular weight is 264 g/mol. The largest absolute Gasteiger partial charge is 0.481 e. The molecule has 5 nitrogen and oxygen atoms in total. The molecule has 0 bridgehead atoms. The Balaban J connectivity index is 1.87. The number of anilines is 1. The Hall–Kier alpha value is -1.95. The third kappa shape index (κ3) is 2.08. The van der Waals surface area contributed by atoms with E-state index in [1.54, 1.807) is 6.07 Å². The fourth-order valence-electron chi connectivity index (χ4n) is 2.70. The summed E-state index contributed by atoms with van der Waals surface area (Å²) in [5, 5.41) is 14.5. The molecule has 1 fully saturated rings. The predicted octanol–water partition coefficient (Wildman–Crippen LogP) is 1.06. The molecule has 0 spiro atoms. The number of halogens is 1. The van der Waals surface area contributed by atoms with Crippen LogP contribution in [0.2, 0.25) is 0 Å². The van der Waals surface area contributed by atoms with Crippen molar-refractivity contribution in [1.29, 1.82) is 0 Å². The zero-order chi connectivity index (χ0) is 13.6. The number of benzene rings is 1. The molecule has 2 unspecified atom stereocenters. The van der Waals surface area contributed by atoms with Crippen LogP contribution in [0.4, 0.5) is 10.1 Å². The summed E-state index contributed by atoms with van der Waals surface area (Å²) in [5.41, 5.74) is 1.60. The molecule has 2 atom stereocenters. The van der Waals surface area contributed by atoms with Crippen LogP contribution in [0.15, 0.2) is 12.1 Å². The van der Waals surface area contributed by atoms with E-state index in [0.717, 1.165) is 0 Å². The van der Waals surface area contributed by atoms with Gasteiger partial charge >= 0.3 is 5.97 Å². The fourth-order valence-corrected chi connectivity index (χ4v) is 2.70. The number of rotatable bonds is 2. The monoisotopic (exact) mass is 264 g/mol. The summed E-state index contributed by atoms with van der Waals surface area (Å²) in [7, 11) is 0. The van der Waals surface area contributed by atoms with Crippen molar-refractivity contribution >= 4 is 17.6 Å². The van der Waals surface area contributed by atoms with Crippen LogP contribution in [0.25, 0.3) is 0 Å². The number of carboxylic acids is 1. The smallest absolute Gasteiger partial charge is 0.307 e. The highest BCUT2D eigenvalue weighted by Crippen LogP contribution is 2.33. The van der Waals surface area contributed by atoms with Gasteiger partial charge in [-0.25, -0.2) is 4.39 Å². The van der Waals surface area contributed by atoms with Crippen molar-refractivity contribution in [3.63, 3.8) is 0 Å². The average Bonchev–Trinajstić information content (AvgIpc) is 2.94. The van der Waals surface area contributed by atoms with Gasteiger partial charge in [0.2, 0.25) is 5.91 Å². The number of carbonyl (C=O) groups is 2. The molecule has 1 aromatic rings. The Morgan fingerprint density at radius 3 is 2.89 bits per heavy atom. The van der Waals surface area contributed by atoms with Crippen LogP contribution in [-0.4, -0.2) is 23.5 Å². The van der Waals surface area contributed by atoms with Gasteiger partial charge in [-0.05, 0) is 23.6 Å². The maximum Gasteiger partial charge on any atom is 0.307 e. The van der Waals surface area contributed by atoms with Gasteiger partial charge in [0.05, 0.1) is 18.0 Å². The summed E-state index contributed by atoms with van der Waals surface area (Å²) in [6.45, 7) is 0.385. The third-order valence-electron chi connectivity index (χ3n) is 3.69. The number of nitrogens with one attached hydrogen (secondary N) is 2. The minimum absolute atomic E-state index is 0.170. The van der Waals surface area contributed by atoms with Gasteiger partial charge in [0.1, 0.15) is 5.82 Å². The summed E-state index contributed by atoms with van der Waals surface area (Å²) in [6, 6.07) is 2.97. The van der Waals surface area contributed by atoms with Gasteiger partial charge in [-0.15, -0.1) is 0 Å². The normalized spacial score (nSPS) is 25.2. The summed E-state index contributed by atoms with van der Waals surface area (Å²) < 4.78 is 13.9. The Labute approximate surface area is 108 Å². The lowest BCUT2D eigenvalue weighted by atomic mass is 9.97. The van der Waals surface area contributed by atoms with Crippen molar-refractivity contribution in [2.24, 2.45) is 5.92 Å². The molecule has 1 amide bonds. The number of aliphatic carboxylic acids is 1. The van der Waals surface area contributed by atoms with E-state index in [-0.39, 0.29) is 24.1 Å². The number of fused-ring (bicyclic) bond motifs is 1. The van der Waals surface area contributed by atoms with Crippen LogP contribution < -0.4 is 10.6 Å². The number of amides is 1. The Morgan fingerprint density at radius 2 is 2.21 bits per heavy atom. The number of hydrogen-bond acceptors (Lipinski definition) is 3. The van der Waals surface area contributed by atoms with Crippen LogP contribution in [-0.2, 0) is 16.0 Å². The molecule has 0 saturated carbocycles. The number of carboxylic acid groups (broad SMARTS) is 1. The predicted molar refractivity (Wildman–Crippen MR) is 65.2 cm³/mol. The van der Waals surface area contributed by atoms with Crippen LogP contribution in [0.5, 0.6) is 0 Å². The molecule has 19 heavy (non-hydrogen) atoms. The van der Waals surface area contributed by atoms with E-state index in [2.05, 4.69) is 10.6 Å². The quantitative estimate of drug-likeness (QED) is 0.746. The highest BCUT2D eigenvalue weighted by Gasteiger charge is 2.32. The molecule has 3 N–H and O–H groups in total. The second kappa shape index (κ2) is 4.31. The maximum atomic E-state index is 13.9. The zero-order valence-electron chi connectivity index (χ0n) is 10.1. The van der Waals surface area contributed by atoms with E-state index < -0.39 is 17.7 Å². The Bertz CT molecular complexity index is 573. The van der Waals surface area contributed by atoms with Crippen molar-refractivity contribution in [1.82, 2.24) is 5.32 Å². The first kappa shape index (κ1) is 12.1. The van der Waals surface area contributed by atoms with Gasteiger partial charge in [-0.2, -0.15) is 0 Å². The SMILES string of the molecule is O=C1Cc2cc(C3CC(C(=O)O)CN3)cc(F)c2N1. The van der Waals surface area contributed by atoms with Crippen LogP contribution in [0, 0.1) is 11.7 Å². The van der Waals surface area contributed by atoms with E-state index in [4.69, 9.17) is 5.11 Å². The molecule has 1 saturated heterocycles. The lowest BCUT2D eigenvalue weighted by Gasteiger charge is -2.12. The molecule has 0 aromatic heterocycles. The van der Waals surface area contributed by atoms with Gasteiger partial charge < -0.3 is 15.7 Å². The first-order valence-electron chi connectivity index (χ1n) is 6.13. The summed E-state index contributed by atoms with van der Waals surface area (Å²) in [6.07, 6.45) is 0.615. The van der Waals surface area contributed by atoms with E-state index in [1.807, 2.05) is 0 Å². The van der Waals surface area contributed by atoms with Crippen LogP contribution in [0.1, 0.15) is 23.6 Å². The minimum Gasteiger partial charge on any atom is -0.481 e. The van der Waals surface area contributed by atoms with E-state index in [0.29, 0.717) is 24.1 Å². The number of carbonyl (C=O) groups excluding carboxylic acids is 1. The molecular formula is C13H13FN2O3. The van der Waals surface area contributed by atoms with E-state index in [1.165, 1.54) is 6.07 Å². The van der Waals surface area contributed by atoms with Crippen LogP contribution in [0.3, 0.4) is 0 Å². The van der Waals surface area contributed by atoms with Gasteiger partial charge in [-0.1, -0.05) is 6.07 Å². The second-order valence-electron chi connectivity index (χ2n) is 4.99. The van der Waals surface area contributed by atoms with Crippen molar-refractivity contribution in [2.75, 3.05) is 11.9 Å². The molecule has 100 valence electrons. The molecule has 2 aliphatic heterocycles. The molecular weight excluding hydrogens is 251 g/mol. The van der Waals surface area contributed by atoms with Crippen molar-refractivity contribution in [2.45, 2.75) is 18.9 Å². The molecule has 2 aliphatic rings. The highest BCUT2D eigenvalue weighted by molar-refractivity contribution is 5.99. The minimum atomic E-state index is -0.839. The first-order valence-corrected chi connectivity index (χ1v) is 6.13. The maximum absolute atomic E-state index is 13.9. The Kier molecular flexibility index (Phi) is 2.74. The second-order valence-corrected chi connectivity index (χ2v) is 4.99. The van der Waals surface area contributed by atoms with Crippen LogP contribution >= 0.6 is 0 Å². The topological polar surface area (TPSA) is 78.4 Å². The fraction of sp³-hybridized carbons (Fsp3) is 0.385. The lowest BCUT2D eigenvalue weighted by molar-refractivity contribution is -0.141.